The largest absolute Gasteiger partial charge is 0.494 e. The third-order valence-electron chi connectivity index (χ3n) is 5.00. The fourth-order valence-electron chi connectivity index (χ4n) is 3.34. The molecule has 1 fully saturated rings. The van der Waals surface area contributed by atoms with Gasteiger partial charge in [0, 0.05) is 32.2 Å². The minimum absolute atomic E-state index is 0. The quantitative estimate of drug-likeness (QED) is 0.299. The lowest BCUT2D eigenvalue weighted by atomic mass is 10.2. The lowest BCUT2D eigenvalue weighted by Crippen LogP contribution is -2.47. The van der Waals surface area contributed by atoms with E-state index in [0.717, 1.165) is 30.9 Å². The van der Waals surface area contributed by atoms with Crippen molar-refractivity contribution in [3.8, 4) is 5.75 Å². The van der Waals surface area contributed by atoms with Crippen LogP contribution < -0.4 is 15.4 Å². The first-order chi connectivity index (χ1) is 13.5. The standard InChI is InChI=1S/C21H35N5O2.HI/c1-5-26-13-9-11-18(26)15-23-21(24-16-20(27)25(3)4)22-14-17-10-7-8-12-19(17)28-6-2;/h7-8,10,12,18H,5-6,9,11,13-16H2,1-4H3,(H2,22,23,24);1H. The molecule has 0 aliphatic carbocycles. The third-order valence-corrected chi connectivity index (χ3v) is 5.00. The van der Waals surface area contributed by atoms with Crippen molar-refractivity contribution in [2.45, 2.75) is 39.3 Å². The molecule has 2 rings (SSSR count). The lowest BCUT2D eigenvalue weighted by Gasteiger charge is -2.24. The minimum Gasteiger partial charge on any atom is -0.494 e. The van der Waals surface area contributed by atoms with Crippen molar-refractivity contribution in [2.75, 3.05) is 46.9 Å². The molecule has 1 aromatic rings. The second-order valence-electron chi connectivity index (χ2n) is 7.15. The highest BCUT2D eigenvalue weighted by molar-refractivity contribution is 14.0. The number of rotatable bonds is 9. The van der Waals surface area contributed by atoms with E-state index in [0.29, 0.717) is 25.2 Å². The fraction of sp³-hybridized carbons (Fsp3) is 0.619. The number of carbonyl (C=O) groups is 1. The molecule has 1 atom stereocenters. The summed E-state index contributed by atoms with van der Waals surface area (Å²) >= 11 is 0. The zero-order valence-electron chi connectivity index (χ0n) is 18.1. The molecule has 1 saturated heterocycles. The molecular weight excluding hydrogens is 481 g/mol. The molecule has 0 spiro atoms. The maximum Gasteiger partial charge on any atom is 0.241 e. The van der Waals surface area contributed by atoms with Crippen LogP contribution in [0.5, 0.6) is 5.75 Å². The van der Waals surface area contributed by atoms with Crippen LogP contribution in [0.1, 0.15) is 32.3 Å². The van der Waals surface area contributed by atoms with Gasteiger partial charge in [-0.1, -0.05) is 25.1 Å². The number of hydrogen-bond donors (Lipinski definition) is 2. The number of likely N-dealkylation sites (N-methyl/N-ethyl adjacent to an activating group) is 2. The van der Waals surface area contributed by atoms with Gasteiger partial charge < -0.3 is 20.3 Å². The number of benzene rings is 1. The molecule has 29 heavy (non-hydrogen) atoms. The molecule has 0 aromatic heterocycles. The topological polar surface area (TPSA) is 69.2 Å². The Kier molecular flexibility index (Phi) is 12.0. The summed E-state index contributed by atoms with van der Waals surface area (Å²) in [5.41, 5.74) is 1.03. The number of ether oxygens (including phenoxy) is 1. The molecule has 1 amide bonds. The summed E-state index contributed by atoms with van der Waals surface area (Å²) in [4.78, 5) is 20.7. The Bertz CT molecular complexity index is 654. The summed E-state index contributed by atoms with van der Waals surface area (Å²) in [7, 11) is 3.51. The van der Waals surface area contributed by atoms with Crippen LogP contribution in [0, 0.1) is 0 Å². The van der Waals surface area contributed by atoms with E-state index in [-0.39, 0.29) is 36.4 Å². The monoisotopic (exact) mass is 517 g/mol. The molecule has 7 nitrogen and oxygen atoms in total. The van der Waals surface area contributed by atoms with E-state index >= 15 is 0 Å². The SMILES string of the molecule is CCOc1ccccc1CN=C(NCC(=O)N(C)C)NCC1CCCN1CC.I. The predicted molar refractivity (Wildman–Crippen MR) is 129 cm³/mol. The van der Waals surface area contributed by atoms with Crippen molar-refractivity contribution < 1.29 is 9.53 Å². The summed E-state index contributed by atoms with van der Waals surface area (Å²) in [6, 6.07) is 8.44. The van der Waals surface area contributed by atoms with Gasteiger partial charge in [0.2, 0.25) is 5.91 Å². The minimum atomic E-state index is 0. The molecule has 8 heteroatoms. The Balaban J connectivity index is 0.00000420. The molecule has 164 valence electrons. The van der Waals surface area contributed by atoms with Gasteiger partial charge in [0.05, 0.1) is 19.7 Å². The van der Waals surface area contributed by atoms with Gasteiger partial charge in [-0.25, -0.2) is 4.99 Å². The van der Waals surface area contributed by atoms with Gasteiger partial charge in [-0.3, -0.25) is 9.69 Å². The number of hydrogen-bond acceptors (Lipinski definition) is 4. The predicted octanol–water partition coefficient (Wildman–Crippen LogP) is 2.31. The number of para-hydroxylation sites is 1. The van der Waals surface area contributed by atoms with Crippen LogP contribution in [-0.4, -0.2) is 74.6 Å². The average molecular weight is 517 g/mol. The van der Waals surface area contributed by atoms with Gasteiger partial charge in [-0.2, -0.15) is 0 Å². The Morgan fingerprint density at radius 2 is 2.03 bits per heavy atom. The fourth-order valence-corrected chi connectivity index (χ4v) is 3.34. The van der Waals surface area contributed by atoms with Crippen molar-refractivity contribution >= 4 is 35.8 Å². The van der Waals surface area contributed by atoms with Crippen molar-refractivity contribution in [1.29, 1.82) is 0 Å². The number of halogens is 1. The van der Waals surface area contributed by atoms with Crippen molar-refractivity contribution in [2.24, 2.45) is 4.99 Å². The maximum atomic E-state index is 12.0. The maximum absolute atomic E-state index is 12.0. The second kappa shape index (κ2) is 13.6. The van der Waals surface area contributed by atoms with Crippen LogP contribution in [0.3, 0.4) is 0 Å². The van der Waals surface area contributed by atoms with Gasteiger partial charge >= 0.3 is 0 Å². The summed E-state index contributed by atoms with van der Waals surface area (Å²) in [6.07, 6.45) is 2.43. The number of guanidine groups is 1. The summed E-state index contributed by atoms with van der Waals surface area (Å²) in [5, 5.41) is 6.60. The van der Waals surface area contributed by atoms with Gasteiger partial charge in [0.1, 0.15) is 5.75 Å². The number of aliphatic imine (C=N–C) groups is 1. The summed E-state index contributed by atoms with van der Waals surface area (Å²) < 4.78 is 5.69. The highest BCUT2D eigenvalue weighted by Gasteiger charge is 2.22. The van der Waals surface area contributed by atoms with E-state index in [4.69, 9.17) is 9.73 Å². The van der Waals surface area contributed by atoms with E-state index in [9.17, 15) is 4.79 Å². The second-order valence-corrected chi connectivity index (χ2v) is 7.15. The first kappa shape index (κ1) is 25.5. The van der Waals surface area contributed by atoms with E-state index in [1.807, 2.05) is 31.2 Å². The molecule has 0 bridgehead atoms. The smallest absolute Gasteiger partial charge is 0.241 e. The molecule has 1 heterocycles. The van der Waals surface area contributed by atoms with Crippen molar-refractivity contribution in [1.82, 2.24) is 20.4 Å². The van der Waals surface area contributed by atoms with Gasteiger partial charge in [-0.15, -0.1) is 24.0 Å². The van der Waals surface area contributed by atoms with Gasteiger partial charge in [0.15, 0.2) is 5.96 Å². The lowest BCUT2D eigenvalue weighted by molar-refractivity contribution is -0.127. The van der Waals surface area contributed by atoms with Crippen LogP contribution in [0.25, 0.3) is 0 Å². The Hall–Kier alpha value is -1.55. The molecule has 2 N–H and O–H groups in total. The highest BCUT2D eigenvalue weighted by Crippen LogP contribution is 2.19. The van der Waals surface area contributed by atoms with Gasteiger partial charge in [0.25, 0.3) is 0 Å². The zero-order chi connectivity index (χ0) is 20.4. The Labute approximate surface area is 192 Å². The molecule has 1 aromatic carbocycles. The van der Waals surface area contributed by atoms with Crippen LogP contribution in [0.2, 0.25) is 0 Å². The molecule has 0 saturated carbocycles. The zero-order valence-corrected chi connectivity index (χ0v) is 20.4. The number of carbonyl (C=O) groups excluding carboxylic acids is 1. The molecule has 1 unspecified atom stereocenters. The first-order valence-corrected chi connectivity index (χ1v) is 10.2. The summed E-state index contributed by atoms with van der Waals surface area (Å²) in [6.45, 7) is 8.54. The third kappa shape index (κ3) is 8.38. The number of amides is 1. The van der Waals surface area contributed by atoms with E-state index in [1.165, 1.54) is 12.8 Å². The van der Waals surface area contributed by atoms with Crippen molar-refractivity contribution in [3.63, 3.8) is 0 Å². The van der Waals surface area contributed by atoms with Crippen molar-refractivity contribution in [3.05, 3.63) is 29.8 Å². The van der Waals surface area contributed by atoms with Gasteiger partial charge in [-0.05, 0) is 38.9 Å². The number of nitrogens with zero attached hydrogens (tertiary/aromatic N) is 3. The highest BCUT2D eigenvalue weighted by atomic mass is 127. The van der Waals surface area contributed by atoms with E-state index in [1.54, 1.807) is 19.0 Å². The summed E-state index contributed by atoms with van der Waals surface area (Å²) in [5.74, 6) is 1.52. The molecule has 0 radical (unpaired) electrons. The Morgan fingerprint density at radius 1 is 1.28 bits per heavy atom. The molecule has 1 aliphatic heterocycles. The van der Waals surface area contributed by atoms with Crippen LogP contribution in [0.4, 0.5) is 0 Å². The average Bonchev–Trinajstić information content (AvgIpc) is 3.15. The molecule has 1 aliphatic rings. The molecular formula is C21H36IN5O2. The number of likely N-dealkylation sites (tertiary alicyclic amines) is 1. The van der Waals surface area contributed by atoms with E-state index in [2.05, 4.69) is 22.5 Å². The normalized spacial score (nSPS) is 16.8. The van der Waals surface area contributed by atoms with Crippen LogP contribution in [0.15, 0.2) is 29.3 Å². The first-order valence-electron chi connectivity index (χ1n) is 10.2. The van der Waals surface area contributed by atoms with Crippen LogP contribution in [-0.2, 0) is 11.3 Å². The Morgan fingerprint density at radius 3 is 2.72 bits per heavy atom. The van der Waals surface area contributed by atoms with Crippen LogP contribution >= 0.6 is 24.0 Å². The number of nitrogens with one attached hydrogen (secondary N) is 2. The van der Waals surface area contributed by atoms with E-state index < -0.39 is 0 Å².